The predicted molar refractivity (Wildman–Crippen MR) is 70.6 cm³/mol. The standard InChI is InChI=1S/C15H14N2/c1-15(11-7-3-2-4-8-11)12-9-5-6-10-13(12)17-14(15)16/h2-10H,1H3,(H2,16,17). The minimum atomic E-state index is -0.294. The van der Waals surface area contributed by atoms with Gasteiger partial charge in [0, 0.05) is 0 Å². The first-order valence-corrected chi connectivity index (χ1v) is 5.72. The maximum Gasteiger partial charge on any atom is 0.115 e. The van der Waals surface area contributed by atoms with Gasteiger partial charge in [-0.25, -0.2) is 4.99 Å². The van der Waals surface area contributed by atoms with Crippen LogP contribution in [-0.4, -0.2) is 5.84 Å². The van der Waals surface area contributed by atoms with Gasteiger partial charge in [0.05, 0.1) is 11.1 Å². The van der Waals surface area contributed by atoms with E-state index in [1.807, 2.05) is 36.4 Å². The van der Waals surface area contributed by atoms with Crippen LogP contribution in [-0.2, 0) is 5.41 Å². The second kappa shape index (κ2) is 3.45. The summed E-state index contributed by atoms with van der Waals surface area (Å²) in [6.07, 6.45) is 0. The van der Waals surface area contributed by atoms with Crippen LogP contribution in [0.3, 0.4) is 0 Å². The van der Waals surface area contributed by atoms with E-state index in [4.69, 9.17) is 5.73 Å². The lowest BCUT2D eigenvalue weighted by molar-refractivity contribution is 0.785. The number of hydrogen-bond acceptors (Lipinski definition) is 2. The molecule has 84 valence electrons. The van der Waals surface area contributed by atoms with Crippen molar-refractivity contribution in [1.29, 1.82) is 0 Å². The smallest absolute Gasteiger partial charge is 0.115 e. The van der Waals surface area contributed by atoms with E-state index in [0.717, 1.165) is 5.69 Å². The molecule has 0 aliphatic carbocycles. The summed E-state index contributed by atoms with van der Waals surface area (Å²) >= 11 is 0. The van der Waals surface area contributed by atoms with Gasteiger partial charge in [0.2, 0.25) is 0 Å². The van der Waals surface area contributed by atoms with Crippen LogP contribution in [0.2, 0.25) is 0 Å². The highest BCUT2D eigenvalue weighted by Gasteiger charge is 2.39. The van der Waals surface area contributed by atoms with E-state index in [1.165, 1.54) is 11.1 Å². The highest BCUT2D eigenvalue weighted by Crippen LogP contribution is 2.42. The van der Waals surface area contributed by atoms with Crippen molar-refractivity contribution in [2.24, 2.45) is 10.7 Å². The zero-order chi connectivity index (χ0) is 11.9. The van der Waals surface area contributed by atoms with Crippen LogP contribution < -0.4 is 5.73 Å². The Hall–Kier alpha value is -2.09. The van der Waals surface area contributed by atoms with Gasteiger partial charge in [0.25, 0.3) is 0 Å². The lowest BCUT2D eigenvalue weighted by Gasteiger charge is -2.26. The lowest BCUT2D eigenvalue weighted by Crippen LogP contribution is -2.36. The summed E-state index contributed by atoms with van der Waals surface area (Å²) in [5.74, 6) is 0.671. The Morgan fingerprint density at radius 3 is 2.35 bits per heavy atom. The Balaban J connectivity index is 2.25. The predicted octanol–water partition coefficient (Wildman–Crippen LogP) is 2.99. The van der Waals surface area contributed by atoms with Crippen LogP contribution in [0.5, 0.6) is 0 Å². The zero-order valence-electron chi connectivity index (χ0n) is 9.72. The number of fused-ring (bicyclic) bond motifs is 1. The summed E-state index contributed by atoms with van der Waals surface area (Å²) in [6.45, 7) is 2.13. The topological polar surface area (TPSA) is 38.4 Å². The molecule has 0 saturated heterocycles. The molecule has 0 bridgehead atoms. The fraction of sp³-hybridized carbons (Fsp3) is 0.133. The number of nitrogens with zero attached hydrogens (tertiary/aromatic N) is 1. The Kier molecular flexibility index (Phi) is 2.05. The van der Waals surface area contributed by atoms with Crippen molar-refractivity contribution >= 4 is 11.5 Å². The SMILES string of the molecule is CC1(c2ccccc2)C(N)=Nc2ccccc21. The highest BCUT2D eigenvalue weighted by molar-refractivity contribution is 6.01. The molecule has 17 heavy (non-hydrogen) atoms. The van der Waals surface area contributed by atoms with Crippen LogP contribution in [0.1, 0.15) is 18.1 Å². The van der Waals surface area contributed by atoms with E-state index in [9.17, 15) is 0 Å². The molecule has 0 spiro atoms. The van der Waals surface area contributed by atoms with Gasteiger partial charge in [0.1, 0.15) is 5.84 Å². The van der Waals surface area contributed by atoms with E-state index < -0.39 is 0 Å². The quantitative estimate of drug-likeness (QED) is 0.791. The van der Waals surface area contributed by atoms with Crippen molar-refractivity contribution in [3.63, 3.8) is 0 Å². The number of para-hydroxylation sites is 1. The third-order valence-electron chi connectivity index (χ3n) is 3.55. The Bertz CT molecular complexity index is 587. The molecular formula is C15H14N2. The molecule has 1 atom stereocenters. The van der Waals surface area contributed by atoms with Gasteiger partial charge in [-0.15, -0.1) is 0 Å². The van der Waals surface area contributed by atoms with E-state index in [1.54, 1.807) is 0 Å². The molecule has 1 aliphatic rings. The molecule has 2 N–H and O–H groups in total. The fourth-order valence-corrected chi connectivity index (χ4v) is 2.45. The molecule has 0 radical (unpaired) electrons. The number of rotatable bonds is 1. The van der Waals surface area contributed by atoms with E-state index in [2.05, 4.69) is 30.1 Å². The van der Waals surface area contributed by atoms with E-state index >= 15 is 0 Å². The number of aliphatic imine (C=N–C) groups is 1. The average Bonchev–Trinajstić information content (AvgIpc) is 2.64. The van der Waals surface area contributed by atoms with Gasteiger partial charge in [-0.1, -0.05) is 48.5 Å². The van der Waals surface area contributed by atoms with E-state index in [-0.39, 0.29) is 5.41 Å². The lowest BCUT2D eigenvalue weighted by atomic mass is 9.76. The van der Waals surface area contributed by atoms with Crippen molar-refractivity contribution in [1.82, 2.24) is 0 Å². The van der Waals surface area contributed by atoms with Crippen LogP contribution in [0.4, 0.5) is 5.69 Å². The molecule has 2 aromatic rings. The monoisotopic (exact) mass is 222 g/mol. The first kappa shape index (κ1) is 10.1. The maximum absolute atomic E-state index is 6.15. The van der Waals surface area contributed by atoms with Gasteiger partial charge in [-0.3, -0.25) is 0 Å². The second-order valence-corrected chi connectivity index (χ2v) is 4.51. The third-order valence-corrected chi connectivity index (χ3v) is 3.55. The number of benzene rings is 2. The van der Waals surface area contributed by atoms with Crippen molar-refractivity contribution in [3.8, 4) is 0 Å². The molecule has 0 saturated carbocycles. The Morgan fingerprint density at radius 2 is 1.59 bits per heavy atom. The summed E-state index contributed by atoms with van der Waals surface area (Å²) in [4.78, 5) is 4.48. The van der Waals surface area contributed by atoms with Gasteiger partial charge < -0.3 is 5.73 Å². The molecule has 2 aromatic carbocycles. The normalized spacial score (nSPS) is 22.1. The molecule has 2 nitrogen and oxygen atoms in total. The molecule has 0 amide bonds. The minimum Gasteiger partial charge on any atom is -0.386 e. The Labute approximate surface area is 101 Å². The largest absolute Gasteiger partial charge is 0.386 e. The minimum absolute atomic E-state index is 0.294. The highest BCUT2D eigenvalue weighted by atomic mass is 14.9. The van der Waals surface area contributed by atoms with Crippen LogP contribution in [0.25, 0.3) is 0 Å². The van der Waals surface area contributed by atoms with Crippen molar-refractivity contribution in [2.45, 2.75) is 12.3 Å². The Morgan fingerprint density at radius 1 is 0.941 bits per heavy atom. The fourth-order valence-electron chi connectivity index (χ4n) is 2.45. The molecule has 0 aromatic heterocycles. The van der Waals surface area contributed by atoms with Crippen molar-refractivity contribution < 1.29 is 0 Å². The number of hydrogen-bond donors (Lipinski definition) is 1. The zero-order valence-corrected chi connectivity index (χ0v) is 9.72. The van der Waals surface area contributed by atoms with Gasteiger partial charge in [-0.05, 0) is 24.1 Å². The van der Waals surface area contributed by atoms with Gasteiger partial charge in [-0.2, -0.15) is 0 Å². The molecule has 1 aliphatic heterocycles. The third kappa shape index (κ3) is 1.30. The molecular weight excluding hydrogens is 208 g/mol. The second-order valence-electron chi connectivity index (χ2n) is 4.51. The summed E-state index contributed by atoms with van der Waals surface area (Å²) < 4.78 is 0. The molecule has 1 unspecified atom stereocenters. The summed E-state index contributed by atoms with van der Waals surface area (Å²) in [5.41, 5.74) is 9.20. The summed E-state index contributed by atoms with van der Waals surface area (Å²) in [6, 6.07) is 18.4. The van der Waals surface area contributed by atoms with Gasteiger partial charge in [0.15, 0.2) is 0 Å². The molecule has 2 heteroatoms. The first-order chi connectivity index (χ1) is 8.23. The average molecular weight is 222 g/mol. The first-order valence-electron chi connectivity index (χ1n) is 5.72. The molecule has 1 heterocycles. The van der Waals surface area contributed by atoms with Gasteiger partial charge >= 0.3 is 0 Å². The van der Waals surface area contributed by atoms with Crippen LogP contribution in [0, 0.1) is 0 Å². The summed E-state index contributed by atoms with van der Waals surface area (Å²) in [5, 5.41) is 0. The number of amidine groups is 1. The van der Waals surface area contributed by atoms with Crippen molar-refractivity contribution in [3.05, 3.63) is 65.7 Å². The van der Waals surface area contributed by atoms with Crippen LogP contribution >= 0.6 is 0 Å². The van der Waals surface area contributed by atoms with Crippen molar-refractivity contribution in [2.75, 3.05) is 0 Å². The number of nitrogens with two attached hydrogens (primary N) is 1. The van der Waals surface area contributed by atoms with Crippen LogP contribution in [0.15, 0.2) is 59.6 Å². The van der Waals surface area contributed by atoms with E-state index in [0.29, 0.717) is 5.84 Å². The molecule has 0 fully saturated rings. The summed E-state index contributed by atoms with van der Waals surface area (Å²) in [7, 11) is 0. The maximum atomic E-state index is 6.15. The molecule has 3 rings (SSSR count).